The molecule has 0 spiro atoms. The number of nitrogens with two attached hydrogens (primary N) is 2. The van der Waals surface area contributed by atoms with Gasteiger partial charge in [-0.15, -0.1) is 0 Å². The van der Waals surface area contributed by atoms with Crippen molar-refractivity contribution in [2.45, 2.75) is 6.42 Å². The first kappa shape index (κ1) is 9.45. The number of aromatic nitrogens is 2. The van der Waals surface area contributed by atoms with Gasteiger partial charge in [-0.05, 0) is 12.1 Å². The van der Waals surface area contributed by atoms with Crippen LogP contribution in [0.15, 0.2) is 22.8 Å². The summed E-state index contributed by atoms with van der Waals surface area (Å²) in [6.45, 7) is 0. The minimum atomic E-state index is -0.652. The molecule has 0 aliphatic carbocycles. The number of rotatable bonds is 2. The van der Waals surface area contributed by atoms with E-state index in [2.05, 4.69) is 9.97 Å². The second-order valence-electron chi connectivity index (χ2n) is 2.98. The summed E-state index contributed by atoms with van der Waals surface area (Å²) in [6.07, 6.45) is 1.71. The Hall–Kier alpha value is -2.11. The SMILES string of the molecule is Nc1nc(N)c(F)c(Cc2ccco2)n1. The third kappa shape index (κ3) is 1.88. The van der Waals surface area contributed by atoms with E-state index in [0.29, 0.717) is 5.76 Å². The zero-order chi connectivity index (χ0) is 10.8. The average molecular weight is 208 g/mol. The maximum Gasteiger partial charge on any atom is 0.222 e. The van der Waals surface area contributed by atoms with Gasteiger partial charge in [0, 0.05) is 0 Å². The maximum atomic E-state index is 13.4. The molecule has 2 aromatic rings. The quantitative estimate of drug-likeness (QED) is 0.767. The first-order chi connectivity index (χ1) is 7.16. The van der Waals surface area contributed by atoms with Crippen LogP contribution in [0.2, 0.25) is 0 Å². The number of nitrogen functional groups attached to an aromatic ring is 2. The fraction of sp³-hybridized carbons (Fsp3) is 0.111. The van der Waals surface area contributed by atoms with E-state index in [1.54, 1.807) is 12.1 Å². The molecule has 0 amide bonds. The highest BCUT2D eigenvalue weighted by Crippen LogP contribution is 2.16. The predicted octanol–water partition coefficient (Wildman–Crippen LogP) is 0.964. The van der Waals surface area contributed by atoms with Crippen LogP contribution in [0.25, 0.3) is 0 Å². The van der Waals surface area contributed by atoms with Gasteiger partial charge < -0.3 is 15.9 Å². The summed E-state index contributed by atoms with van der Waals surface area (Å²) in [5.41, 5.74) is 10.8. The van der Waals surface area contributed by atoms with Gasteiger partial charge in [0.2, 0.25) is 5.95 Å². The van der Waals surface area contributed by atoms with Gasteiger partial charge in [0.05, 0.1) is 18.4 Å². The summed E-state index contributed by atoms with van der Waals surface area (Å²) >= 11 is 0. The molecule has 0 bridgehead atoms. The highest BCUT2D eigenvalue weighted by atomic mass is 19.1. The molecule has 5 nitrogen and oxygen atoms in total. The summed E-state index contributed by atoms with van der Waals surface area (Å²) in [5, 5.41) is 0. The molecule has 0 saturated carbocycles. The van der Waals surface area contributed by atoms with E-state index in [1.165, 1.54) is 6.26 Å². The molecule has 2 heterocycles. The number of furan rings is 1. The lowest BCUT2D eigenvalue weighted by atomic mass is 10.2. The molecule has 0 aliphatic rings. The van der Waals surface area contributed by atoms with Crippen molar-refractivity contribution in [1.82, 2.24) is 9.97 Å². The highest BCUT2D eigenvalue weighted by molar-refractivity contribution is 5.38. The molecular weight excluding hydrogens is 199 g/mol. The van der Waals surface area contributed by atoms with Gasteiger partial charge in [0.1, 0.15) is 5.76 Å². The zero-order valence-corrected chi connectivity index (χ0v) is 7.77. The van der Waals surface area contributed by atoms with Crippen molar-refractivity contribution in [3.8, 4) is 0 Å². The summed E-state index contributed by atoms with van der Waals surface area (Å²) in [7, 11) is 0. The Kier molecular flexibility index (Phi) is 2.24. The van der Waals surface area contributed by atoms with E-state index in [4.69, 9.17) is 15.9 Å². The maximum absolute atomic E-state index is 13.4. The minimum absolute atomic E-state index is 0.0459. The molecule has 0 radical (unpaired) electrons. The van der Waals surface area contributed by atoms with Gasteiger partial charge in [-0.2, -0.15) is 4.98 Å². The van der Waals surface area contributed by atoms with Crippen molar-refractivity contribution < 1.29 is 8.81 Å². The molecule has 15 heavy (non-hydrogen) atoms. The molecule has 2 rings (SSSR count). The third-order valence-electron chi connectivity index (χ3n) is 1.88. The molecule has 0 aliphatic heterocycles. The van der Waals surface area contributed by atoms with E-state index in [-0.39, 0.29) is 23.9 Å². The van der Waals surface area contributed by atoms with Crippen LogP contribution in [0.3, 0.4) is 0 Å². The standard InChI is InChI=1S/C9H9FN4O/c10-7-6(4-5-2-1-3-15-5)13-9(12)14-8(7)11/h1-3H,4H2,(H4,11,12,13,14). The topological polar surface area (TPSA) is 91.0 Å². The Morgan fingerprint density at radius 3 is 2.80 bits per heavy atom. The Labute approximate surface area is 84.9 Å². The highest BCUT2D eigenvalue weighted by Gasteiger charge is 2.12. The Balaban J connectivity index is 2.36. The van der Waals surface area contributed by atoms with Crippen LogP contribution in [0.4, 0.5) is 16.2 Å². The summed E-state index contributed by atoms with van der Waals surface area (Å²) in [5.74, 6) is -0.355. The summed E-state index contributed by atoms with van der Waals surface area (Å²) in [4.78, 5) is 7.26. The van der Waals surface area contributed by atoms with Gasteiger partial charge in [-0.25, -0.2) is 9.37 Å². The molecule has 0 fully saturated rings. The molecule has 6 heteroatoms. The largest absolute Gasteiger partial charge is 0.469 e. The van der Waals surface area contributed by atoms with Crippen LogP contribution in [0, 0.1) is 5.82 Å². The molecule has 78 valence electrons. The zero-order valence-electron chi connectivity index (χ0n) is 7.77. The summed E-state index contributed by atoms with van der Waals surface area (Å²) < 4.78 is 18.5. The molecule has 0 saturated heterocycles. The van der Waals surface area contributed by atoms with Crippen molar-refractivity contribution >= 4 is 11.8 Å². The first-order valence-electron chi connectivity index (χ1n) is 4.26. The molecular formula is C9H9FN4O. The van der Waals surface area contributed by atoms with Gasteiger partial charge in [0.15, 0.2) is 11.6 Å². The number of hydrogen-bond acceptors (Lipinski definition) is 5. The van der Waals surface area contributed by atoms with Gasteiger partial charge in [-0.3, -0.25) is 0 Å². The van der Waals surface area contributed by atoms with Gasteiger partial charge >= 0.3 is 0 Å². The van der Waals surface area contributed by atoms with Crippen LogP contribution in [0.5, 0.6) is 0 Å². The van der Waals surface area contributed by atoms with E-state index in [0.717, 1.165) is 0 Å². The lowest BCUT2D eigenvalue weighted by molar-refractivity contribution is 0.511. The lowest BCUT2D eigenvalue weighted by Gasteiger charge is -2.03. The number of hydrogen-bond donors (Lipinski definition) is 2. The van der Waals surface area contributed by atoms with E-state index in [9.17, 15) is 4.39 Å². The van der Waals surface area contributed by atoms with Crippen molar-refractivity contribution in [3.63, 3.8) is 0 Å². The third-order valence-corrected chi connectivity index (χ3v) is 1.88. The average Bonchev–Trinajstić information content (AvgIpc) is 2.66. The second-order valence-corrected chi connectivity index (χ2v) is 2.98. The predicted molar refractivity (Wildman–Crippen MR) is 52.3 cm³/mol. The van der Waals surface area contributed by atoms with Crippen LogP contribution >= 0.6 is 0 Å². The van der Waals surface area contributed by atoms with Crippen molar-refractivity contribution in [3.05, 3.63) is 35.7 Å². The summed E-state index contributed by atoms with van der Waals surface area (Å²) in [6, 6.07) is 3.43. The lowest BCUT2D eigenvalue weighted by Crippen LogP contribution is -2.07. The number of halogens is 1. The number of anilines is 2. The van der Waals surface area contributed by atoms with E-state index in [1.807, 2.05) is 0 Å². The monoisotopic (exact) mass is 208 g/mol. The molecule has 4 N–H and O–H groups in total. The van der Waals surface area contributed by atoms with Crippen LogP contribution in [0.1, 0.15) is 11.5 Å². The molecule has 2 aromatic heterocycles. The Bertz CT molecular complexity index is 469. The van der Waals surface area contributed by atoms with E-state index < -0.39 is 5.82 Å². The van der Waals surface area contributed by atoms with E-state index >= 15 is 0 Å². The van der Waals surface area contributed by atoms with Gasteiger partial charge in [0.25, 0.3) is 0 Å². The fourth-order valence-corrected chi connectivity index (χ4v) is 1.23. The Morgan fingerprint density at radius 1 is 1.33 bits per heavy atom. The number of nitrogens with zero attached hydrogens (tertiary/aromatic N) is 2. The fourth-order valence-electron chi connectivity index (χ4n) is 1.23. The normalized spacial score (nSPS) is 10.5. The molecule has 0 aromatic carbocycles. The second kappa shape index (κ2) is 3.56. The molecule has 0 atom stereocenters. The van der Waals surface area contributed by atoms with Gasteiger partial charge in [-0.1, -0.05) is 0 Å². The Morgan fingerprint density at radius 2 is 2.13 bits per heavy atom. The van der Waals surface area contributed by atoms with Crippen LogP contribution < -0.4 is 11.5 Å². The minimum Gasteiger partial charge on any atom is -0.469 e. The van der Waals surface area contributed by atoms with Crippen LogP contribution in [-0.2, 0) is 6.42 Å². The first-order valence-corrected chi connectivity index (χ1v) is 4.26. The van der Waals surface area contributed by atoms with Crippen LogP contribution in [-0.4, -0.2) is 9.97 Å². The van der Waals surface area contributed by atoms with Crippen molar-refractivity contribution in [1.29, 1.82) is 0 Å². The van der Waals surface area contributed by atoms with Crippen molar-refractivity contribution in [2.75, 3.05) is 11.5 Å². The van der Waals surface area contributed by atoms with Crippen molar-refractivity contribution in [2.24, 2.45) is 0 Å². The molecule has 0 unspecified atom stereocenters. The smallest absolute Gasteiger partial charge is 0.222 e.